The zero-order valence-corrected chi connectivity index (χ0v) is 6.74. The fourth-order valence-corrected chi connectivity index (χ4v) is 0. The molecule has 0 aliphatic rings. The second kappa shape index (κ2) is 5.54. The van der Waals surface area contributed by atoms with Crippen LogP contribution in [0.25, 0.3) is 0 Å². The third-order valence-corrected chi connectivity index (χ3v) is 0. The Morgan fingerprint density at radius 1 is 1.40 bits per heavy atom. The SMILES string of the molecule is O=[AsH]([O-])[O-].[Ca+2]. The van der Waals surface area contributed by atoms with Gasteiger partial charge in [-0.15, -0.1) is 0 Å². The first-order valence-corrected chi connectivity index (χ1v) is 3.18. The van der Waals surface area contributed by atoms with Crippen molar-refractivity contribution in [3.05, 3.63) is 0 Å². The molecule has 5 heteroatoms. The standard InChI is InChI=1S/AsH3O3.Ca/c2-1(3)4;/h1H,(H2,2,3,4);/q;+2/p-2. The summed E-state index contributed by atoms with van der Waals surface area (Å²) in [7, 11) is 0. The average molecular weight is 164 g/mol. The van der Waals surface area contributed by atoms with E-state index in [0.29, 0.717) is 0 Å². The van der Waals surface area contributed by atoms with Gasteiger partial charge in [0.25, 0.3) is 0 Å². The molecule has 0 heterocycles. The first kappa shape index (κ1) is 9.74. The van der Waals surface area contributed by atoms with Crippen molar-refractivity contribution in [2.24, 2.45) is 0 Å². The van der Waals surface area contributed by atoms with Gasteiger partial charge in [-0.05, 0) is 0 Å². The maximum Gasteiger partial charge on any atom is 2.00 e. The quantitative estimate of drug-likeness (QED) is 0.348. The van der Waals surface area contributed by atoms with E-state index >= 15 is 0 Å². The van der Waals surface area contributed by atoms with Gasteiger partial charge in [-0.2, -0.15) is 0 Å². The largest absolute Gasteiger partial charge is 2.00 e. The molecule has 0 aliphatic carbocycles. The van der Waals surface area contributed by atoms with Crippen LogP contribution in [0.15, 0.2) is 0 Å². The van der Waals surface area contributed by atoms with Crippen LogP contribution >= 0.6 is 0 Å². The fraction of sp³-hybridized carbons (Fsp3) is 0. The fourth-order valence-electron chi connectivity index (χ4n) is 0. The van der Waals surface area contributed by atoms with E-state index in [1.54, 1.807) is 0 Å². The van der Waals surface area contributed by atoms with E-state index < -0.39 is 15.3 Å². The molecule has 0 atom stereocenters. The van der Waals surface area contributed by atoms with Crippen molar-refractivity contribution in [1.82, 2.24) is 0 Å². The molecule has 0 amide bonds. The summed E-state index contributed by atoms with van der Waals surface area (Å²) >= 11 is -4.08. The van der Waals surface area contributed by atoms with Gasteiger partial charge in [0, 0.05) is 0 Å². The van der Waals surface area contributed by atoms with Crippen molar-refractivity contribution < 1.29 is 11.9 Å². The second-order valence-corrected chi connectivity index (χ2v) is 1.30. The molecule has 0 saturated heterocycles. The van der Waals surface area contributed by atoms with Crippen LogP contribution in [0, 0.1) is 0 Å². The molecular formula is HAsCaO3. The van der Waals surface area contributed by atoms with Crippen molar-refractivity contribution in [2.45, 2.75) is 0 Å². The Labute approximate surface area is 64.2 Å². The molecule has 0 spiro atoms. The summed E-state index contributed by atoms with van der Waals surface area (Å²) in [5, 5.41) is 0. The van der Waals surface area contributed by atoms with E-state index in [9.17, 15) is 0 Å². The summed E-state index contributed by atoms with van der Waals surface area (Å²) in [6.07, 6.45) is 0. The summed E-state index contributed by atoms with van der Waals surface area (Å²) in [5.41, 5.74) is 0. The van der Waals surface area contributed by atoms with Crippen LogP contribution in [0.1, 0.15) is 0 Å². The maximum absolute atomic E-state index is 8.58. The maximum atomic E-state index is 8.58. The second-order valence-electron chi connectivity index (χ2n) is 0.250. The van der Waals surface area contributed by atoms with Crippen LogP contribution in [0.5, 0.6) is 0 Å². The molecule has 0 unspecified atom stereocenters. The van der Waals surface area contributed by atoms with Gasteiger partial charge >= 0.3 is 64.9 Å². The van der Waals surface area contributed by atoms with Crippen molar-refractivity contribution in [3.8, 4) is 0 Å². The van der Waals surface area contributed by atoms with Crippen molar-refractivity contribution in [1.29, 1.82) is 0 Å². The first-order valence-electron chi connectivity index (χ1n) is 0.612. The van der Waals surface area contributed by atoms with Gasteiger partial charge < -0.3 is 0 Å². The Morgan fingerprint density at radius 3 is 1.40 bits per heavy atom. The zero-order valence-electron chi connectivity index (χ0n) is 2.43. The minimum absolute atomic E-state index is 0. The monoisotopic (exact) mass is 164 g/mol. The molecule has 0 saturated carbocycles. The molecule has 0 rings (SSSR count). The van der Waals surface area contributed by atoms with E-state index in [2.05, 4.69) is 0 Å². The topological polar surface area (TPSA) is 63.2 Å². The van der Waals surface area contributed by atoms with Gasteiger partial charge in [0.05, 0.1) is 0 Å². The van der Waals surface area contributed by atoms with Gasteiger partial charge in [0.1, 0.15) is 0 Å². The minimum Gasteiger partial charge on any atom is 2.00 e. The van der Waals surface area contributed by atoms with Crippen molar-refractivity contribution >= 4 is 53.0 Å². The first-order chi connectivity index (χ1) is 1.73. The van der Waals surface area contributed by atoms with Crippen LogP contribution in [-0.2, 0) is 3.74 Å². The summed E-state index contributed by atoms with van der Waals surface area (Å²) in [6, 6.07) is 0. The Kier molecular flexibility index (Phi) is 10.8. The van der Waals surface area contributed by atoms with Crippen molar-refractivity contribution in [3.63, 3.8) is 0 Å². The van der Waals surface area contributed by atoms with Crippen LogP contribution in [0.2, 0.25) is 0 Å². The summed E-state index contributed by atoms with van der Waals surface area (Å²) in [4.78, 5) is 0. The van der Waals surface area contributed by atoms with Gasteiger partial charge in [0.2, 0.25) is 0 Å². The van der Waals surface area contributed by atoms with E-state index in [-0.39, 0.29) is 37.7 Å². The van der Waals surface area contributed by atoms with Crippen molar-refractivity contribution in [2.75, 3.05) is 0 Å². The molecule has 26 valence electrons. The molecule has 0 N–H and O–H groups in total. The third kappa shape index (κ3) is 29.3. The normalized spacial score (nSPS) is 7.00. The van der Waals surface area contributed by atoms with Crippen LogP contribution in [0.3, 0.4) is 0 Å². The van der Waals surface area contributed by atoms with Gasteiger partial charge in [0.15, 0.2) is 0 Å². The predicted octanol–water partition coefficient (Wildman–Crippen LogP) is -3.53. The predicted molar refractivity (Wildman–Crippen MR) is 13.6 cm³/mol. The van der Waals surface area contributed by atoms with Crippen LogP contribution < -0.4 is 8.19 Å². The number of rotatable bonds is 0. The molecule has 3 nitrogen and oxygen atoms in total. The summed E-state index contributed by atoms with van der Waals surface area (Å²) in [6.45, 7) is 0. The molecule has 0 aromatic heterocycles. The molecule has 0 aliphatic heterocycles. The molecule has 0 bridgehead atoms. The molecule has 0 aromatic carbocycles. The van der Waals surface area contributed by atoms with Gasteiger partial charge in [-0.3, -0.25) is 0 Å². The van der Waals surface area contributed by atoms with Crippen LogP contribution in [0.4, 0.5) is 0 Å². The van der Waals surface area contributed by atoms with Gasteiger partial charge in [-0.1, -0.05) is 0 Å². The minimum atomic E-state index is -4.08. The Balaban J connectivity index is 0. The molecule has 5 heavy (non-hydrogen) atoms. The van der Waals surface area contributed by atoms with E-state index in [1.807, 2.05) is 0 Å². The Hall–Kier alpha value is 1.54. The Bertz CT molecular complexity index is 29.9. The van der Waals surface area contributed by atoms with E-state index in [1.165, 1.54) is 0 Å². The summed E-state index contributed by atoms with van der Waals surface area (Å²) in [5.74, 6) is 0. The number of hydrogen-bond donors (Lipinski definition) is 0. The smallest absolute Gasteiger partial charge is 2.00 e. The molecule has 0 radical (unpaired) electrons. The molecule has 0 aromatic rings. The van der Waals surface area contributed by atoms with Crippen LogP contribution in [-0.4, -0.2) is 53.0 Å². The molecular weight excluding hydrogens is 163 g/mol. The van der Waals surface area contributed by atoms with Gasteiger partial charge in [-0.25, -0.2) is 0 Å². The number of hydrogen-bond acceptors (Lipinski definition) is 3. The average Bonchev–Trinajstić information content (AvgIpc) is 0.811. The molecule has 0 fully saturated rings. The third-order valence-electron chi connectivity index (χ3n) is 0. The van der Waals surface area contributed by atoms with E-state index in [4.69, 9.17) is 11.9 Å². The zero-order chi connectivity index (χ0) is 3.58. The van der Waals surface area contributed by atoms with E-state index in [0.717, 1.165) is 0 Å². The summed E-state index contributed by atoms with van der Waals surface area (Å²) < 4.78 is 25.8. The Morgan fingerprint density at radius 2 is 1.40 bits per heavy atom.